The average molecular weight is 642 g/mol. The van der Waals surface area contributed by atoms with Crippen LogP contribution in [0.4, 0.5) is 0 Å². The lowest BCUT2D eigenvalue weighted by Crippen LogP contribution is -2.69. The zero-order valence-corrected chi connectivity index (χ0v) is 26.3. The van der Waals surface area contributed by atoms with Crippen LogP contribution < -0.4 is 24.3 Å². The van der Waals surface area contributed by atoms with Crippen LogP contribution in [0.1, 0.15) is 57.6 Å². The molecule has 14 heteroatoms. The highest BCUT2D eigenvalue weighted by atomic mass is 32.2. The van der Waals surface area contributed by atoms with Gasteiger partial charge in [-0.3, -0.25) is 19.4 Å². The fraction of sp³-hybridized carbons (Fsp3) is 0.516. The topological polar surface area (TPSA) is 156 Å². The Balaban J connectivity index is 1.53. The van der Waals surface area contributed by atoms with Gasteiger partial charge in [0.15, 0.2) is 23.0 Å². The molecule has 5 aliphatic rings. The van der Waals surface area contributed by atoms with Crippen molar-refractivity contribution in [3.05, 3.63) is 39.4 Å². The number of aliphatic hydroxyl groups excluding tert-OH is 1. The maximum Gasteiger partial charge on any atom is 0.329 e. The van der Waals surface area contributed by atoms with Crippen LogP contribution in [0.3, 0.4) is 0 Å². The third kappa shape index (κ3) is 4.29. The van der Waals surface area contributed by atoms with Crippen LogP contribution in [0.5, 0.6) is 28.7 Å². The number of esters is 2. The smallest absolute Gasteiger partial charge is 0.329 e. The molecule has 2 aromatic carbocycles. The number of nitrogens with zero attached hydrogens (tertiary/aromatic N) is 2. The molecular weight excluding hydrogens is 606 g/mol. The summed E-state index contributed by atoms with van der Waals surface area (Å²) < 4.78 is 29.3. The summed E-state index contributed by atoms with van der Waals surface area (Å²) in [7, 11) is 3.45. The van der Waals surface area contributed by atoms with Gasteiger partial charge < -0.3 is 39.2 Å². The SMILES string of the molecule is COc1c(C)cc2c(c1O)[C@H]1C3[C@@H]4SC[C@H](NC=O)C(=O)OC[C@@H](c5c6c(c(C)c(OC(C)=O)c54)OCO6)N3[C@@H](O)[C@H](C2)N1C. The number of aromatic hydroxyl groups is 1. The van der Waals surface area contributed by atoms with Crippen molar-refractivity contribution in [1.29, 1.82) is 0 Å². The Kier molecular flexibility index (Phi) is 7.30. The molecule has 1 unspecified atom stereocenters. The van der Waals surface area contributed by atoms with E-state index in [9.17, 15) is 24.6 Å². The number of amides is 1. The van der Waals surface area contributed by atoms with Gasteiger partial charge >= 0.3 is 11.9 Å². The maximum atomic E-state index is 13.2. The van der Waals surface area contributed by atoms with Crippen LogP contribution in [0.25, 0.3) is 0 Å². The minimum Gasteiger partial charge on any atom is -0.504 e. The van der Waals surface area contributed by atoms with Gasteiger partial charge in [0.25, 0.3) is 0 Å². The average Bonchev–Trinajstić information content (AvgIpc) is 3.49. The standard InChI is InChI=1S/C31H35N3O10S/c1-12-6-15-7-17-30(38)34-18-8-41-31(39)16(32-10-35)9-45-29(23(34)22(33(17)4)19(15)24(37)25(12)40-5)21-20(18)28-27(42-11-43-28)13(2)26(21)44-14(3)36/h6,10,16-18,22-23,29-30,37-38H,7-9,11H2,1-5H3,(H,32,35)/t16-,17-,18-,22-,23?,29+,30-/m0/s1. The molecule has 0 aliphatic carbocycles. The summed E-state index contributed by atoms with van der Waals surface area (Å²) >= 11 is 1.37. The van der Waals surface area contributed by atoms with Crippen LogP contribution in [0.15, 0.2) is 6.07 Å². The van der Waals surface area contributed by atoms with Crippen molar-refractivity contribution < 1.29 is 48.3 Å². The third-order valence-corrected chi connectivity index (χ3v) is 11.2. The number of likely N-dealkylation sites (N-methyl/N-ethyl adjacent to an activating group) is 1. The third-order valence-electron chi connectivity index (χ3n) is 9.76. The van der Waals surface area contributed by atoms with Gasteiger partial charge in [-0.2, -0.15) is 0 Å². The van der Waals surface area contributed by atoms with E-state index in [4.69, 9.17) is 23.7 Å². The van der Waals surface area contributed by atoms with E-state index in [-0.39, 0.29) is 30.9 Å². The Labute approximate surface area is 263 Å². The molecule has 13 nitrogen and oxygen atoms in total. The van der Waals surface area contributed by atoms with Gasteiger partial charge in [0, 0.05) is 41.0 Å². The zero-order valence-electron chi connectivity index (χ0n) is 25.5. The van der Waals surface area contributed by atoms with E-state index in [1.165, 1.54) is 25.8 Å². The van der Waals surface area contributed by atoms with Crippen molar-refractivity contribution in [2.24, 2.45) is 0 Å². The number of cyclic esters (lactones) is 1. The van der Waals surface area contributed by atoms with Gasteiger partial charge in [0.05, 0.1) is 30.5 Å². The number of phenolic OH excluding ortho intramolecular Hbond substituents is 1. The van der Waals surface area contributed by atoms with E-state index in [0.29, 0.717) is 58.1 Å². The van der Waals surface area contributed by atoms with Gasteiger partial charge in [-0.25, -0.2) is 4.79 Å². The molecule has 2 fully saturated rings. The van der Waals surface area contributed by atoms with E-state index in [1.807, 2.05) is 24.9 Å². The predicted molar refractivity (Wildman–Crippen MR) is 160 cm³/mol. The first kappa shape index (κ1) is 30.0. The second-order valence-electron chi connectivity index (χ2n) is 12.1. The van der Waals surface area contributed by atoms with Gasteiger partial charge in [-0.05, 0) is 38.4 Å². The number of hydrogen-bond donors (Lipinski definition) is 3. The molecule has 3 N–H and O–H groups in total. The highest BCUT2D eigenvalue weighted by Crippen LogP contribution is 2.63. The molecule has 0 aromatic heterocycles. The van der Waals surface area contributed by atoms with Crippen LogP contribution >= 0.6 is 11.8 Å². The number of nitrogens with one attached hydrogen (secondary N) is 1. The monoisotopic (exact) mass is 641 g/mol. The van der Waals surface area contributed by atoms with Crippen molar-refractivity contribution in [3.63, 3.8) is 0 Å². The van der Waals surface area contributed by atoms with Gasteiger partial charge in [-0.15, -0.1) is 11.8 Å². The number of carbonyl (C=O) groups is 3. The molecule has 7 rings (SSSR count). The molecule has 2 saturated heterocycles. The molecule has 7 atom stereocenters. The minimum atomic E-state index is -1.02. The van der Waals surface area contributed by atoms with Crippen molar-refractivity contribution >= 4 is 30.1 Å². The Bertz CT molecular complexity index is 1620. The fourth-order valence-electron chi connectivity index (χ4n) is 7.98. The number of piperazine rings is 1. The van der Waals surface area contributed by atoms with E-state index in [0.717, 1.165) is 11.1 Å². The summed E-state index contributed by atoms with van der Waals surface area (Å²) in [5.41, 5.74) is 4.23. The Morgan fingerprint density at radius 1 is 1.16 bits per heavy atom. The van der Waals surface area contributed by atoms with E-state index in [1.54, 1.807) is 6.92 Å². The maximum absolute atomic E-state index is 13.2. The van der Waals surface area contributed by atoms with Crippen molar-refractivity contribution in [1.82, 2.24) is 15.1 Å². The molecule has 2 aromatic rings. The molecule has 5 aliphatic heterocycles. The Hall–Kier alpha value is -3.72. The number of aliphatic hydroxyl groups is 1. The number of aryl methyl sites for hydroxylation is 1. The van der Waals surface area contributed by atoms with Crippen molar-refractivity contribution in [2.45, 2.75) is 68.9 Å². The highest BCUT2D eigenvalue weighted by molar-refractivity contribution is 7.99. The van der Waals surface area contributed by atoms with E-state index >= 15 is 0 Å². The lowest BCUT2D eigenvalue weighted by Gasteiger charge is -2.62. The number of hydrogen-bond acceptors (Lipinski definition) is 13. The molecule has 4 bridgehead atoms. The summed E-state index contributed by atoms with van der Waals surface area (Å²) in [6.45, 7) is 4.75. The zero-order chi connectivity index (χ0) is 31.9. The molecule has 240 valence electrons. The summed E-state index contributed by atoms with van der Waals surface area (Å²) in [5, 5.41) is 26.0. The number of thioether (sulfide) groups is 1. The first-order chi connectivity index (χ1) is 21.6. The van der Waals surface area contributed by atoms with Crippen molar-refractivity contribution in [2.75, 3.05) is 33.3 Å². The summed E-state index contributed by atoms with van der Waals surface area (Å²) in [5.74, 6) is 0.589. The second-order valence-corrected chi connectivity index (χ2v) is 13.2. The van der Waals surface area contributed by atoms with E-state index in [2.05, 4.69) is 10.2 Å². The number of fused-ring (bicyclic) bond motifs is 9. The van der Waals surface area contributed by atoms with Gasteiger partial charge in [-0.1, -0.05) is 6.07 Å². The Morgan fingerprint density at radius 3 is 2.62 bits per heavy atom. The molecule has 5 heterocycles. The number of carbonyl (C=O) groups excluding carboxylic acids is 3. The van der Waals surface area contributed by atoms with Crippen LogP contribution in [0, 0.1) is 13.8 Å². The largest absolute Gasteiger partial charge is 0.504 e. The van der Waals surface area contributed by atoms with Crippen molar-refractivity contribution in [3.8, 4) is 28.7 Å². The highest BCUT2D eigenvalue weighted by Gasteiger charge is 2.60. The van der Waals surface area contributed by atoms with Crippen LogP contribution in [-0.4, -0.2) is 96.0 Å². The van der Waals surface area contributed by atoms with E-state index < -0.39 is 47.6 Å². The first-order valence-corrected chi connectivity index (χ1v) is 15.8. The quantitative estimate of drug-likeness (QED) is 0.253. The fourth-order valence-corrected chi connectivity index (χ4v) is 9.49. The number of ether oxygens (including phenoxy) is 5. The second kappa shape index (κ2) is 11.0. The summed E-state index contributed by atoms with van der Waals surface area (Å²) in [6, 6.07) is -1.06. The number of rotatable bonds is 4. The van der Waals surface area contributed by atoms with Crippen LogP contribution in [0.2, 0.25) is 0 Å². The first-order valence-electron chi connectivity index (χ1n) is 14.8. The molecule has 45 heavy (non-hydrogen) atoms. The molecule has 0 spiro atoms. The molecule has 0 radical (unpaired) electrons. The Morgan fingerprint density at radius 2 is 1.91 bits per heavy atom. The summed E-state index contributed by atoms with van der Waals surface area (Å²) in [6.07, 6.45) is -0.0952. The van der Waals surface area contributed by atoms with Crippen LogP contribution in [-0.2, 0) is 25.5 Å². The number of methoxy groups -OCH3 is 1. The van der Waals surface area contributed by atoms with Gasteiger partial charge in [0.1, 0.15) is 24.6 Å². The molecule has 0 saturated carbocycles. The number of benzene rings is 2. The molecule has 1 amide bonds. The predicted octanol–water partition coefficient (Wildman–Crippen LogP) is 1.77. The molecular formula is C31H35N3O10S. The van der Waals surface area contributed by atoms with Gasteiger partial charge in [0.2, 0.25) is 13.2 Å². The number of phenols is 1. The lowest BCUT2D eigenvalue weighted by atomic mass is 9.73. The normalized spacial score (nSPS) is 30.0. The summed E-state index contributed by atoms with van der Waals surface area (Å²) in [4.78, 5) is 41.3. The minimum absolute atomic E-state index is 0.0336. The lowest BCUT2D eigenvalue weighted by molar-refractivity contribution is -0.184.